The van der Waals surface area contributed by atoms with Crippen molar-refractivity contribution in [1.29, 1.82) is 0 Å². The number of aromatic nitrogens is 4. The van der Waals surface area contributed by atoms with E-state index in [4.69, 9.17) is 10.7 Å². The Morgan fingerprint density at radius 3 is 2.70 bits per heavy atom. The van der Waals surface area contributed by atoms with Gasteiger partial charge < -0.3 is 15.6 Å². The van der Waals surface area contributed by atoms with Gasteiger partial charge in [-0.25, -0.2) is 9.97 Å². The maximum atomic E-state index is 12.5. The Hall–Kier alpha value is -3.65. The molecular weight excluding hydrogens is 528 g/mol. The fraction of sp³-hybridized carbons (Fsp3) is 0.276. The van der Waals surface area contributed by atoms with Gasteiger partial charge in [-0.2, -0.15) is 0 Å². The van der Waals surface area contributed by atoms with Crippen LogP contribution in [0, 0.1) is 5.92 Å². The molecule has 1 fully saturated rings. The van der Waals surface area contributed by atoms with Crippen molar-refractivity contribution in [2.24, 2.45) is 5.92 Å². The molecule has 3 heterocycles. The van der Waals surface area contributed by atoms with E-state index in [0.29, 0.717) is 17.7 Å². The van der Waals surface area contributed by atoms with E-state index in [2.05, 4.69) is 48.5 Å². The quantitative estimate of drug-likeness (QED) is 0.256. The first-order chi connectivity index (χ1) is 18.0. The number of nitrogens with one attached hydrogen (secondary N) is 1. The number of hydrogen-bond acceptors (Lipinski definition) is 4. The largest absolute Gasteiger partial charge is 0.382 e. The minimum Gasteiger partial charge on any atom is -0.382 e. The Morgan fingerprint density at radius 2 is 1.95 bits per heavy atom. The van der Waals surface area contributed by atoms with Crippen LogP contribution in [0.3, 0.4) is 0 Å². The van der Waals surface area contributed by atoms with Crippen LogP contribution in [0.4, 0.5) is 11.5 Å². The number of amides is 1. The molecule has 2 aromatic carbocycles. The Morgan fingerprint density at radius 1 is 1.14 bits per heavy atom. The minimum absolute atomic E-state index is 0.0745. The number of hydrogen-bond donors (Lipinski definition) is 2. The minimum atomic E-state index is 0.0745. The molecule has 3 aromatic heterocycles. The van der Waals surface area contributed by atoms with Gasteiger partial charge in [-0.05, 0) is 61.9 Å². The van der Waals surface area contributed by atoms with Crippen molar-refractivity contribution in [2.75, 3.05) is 17.2 Å². The molecule has 1 saturated carbocycles. The Bertz CT molecular complexity index is 1560. The SMILES string of the molecule is CC(=O)N(CC1CCC(c2nc(-c3cc4ccccc4[nH]3)c3c(N)nccn23)CC1)c1cccc(Br)c1. The number of carbonyl (C=O) groups excluding carboxylic acids is 1. The third kappa shape index (κ3) is 4.50. The highest BCUT2D eigenvalue weighted by molar-refractivity contribution is 9.10. The summed E-state index contributed by atoms with van der Waals surface area (Å²) in [5, 5.41) is 1.14. The normalized spacial score (nSPS) is 17.9. The first-order valence-corrected chi connectivity index (χ1v) is 13.5. The summed E-state index contributed by atoms with van der Waals surface area (Å²) in [6.45, 7) is 2.38. The number of aromatic amines is 1. The highest BCUT2D eigenvalue weighted by Gasteiger charge is 2.29. The average Bonchev–Trinajstić information content (AvgIpc) is 3.50. The molecule has 1 amide bonds. The van der Waals surface area contributed by atoms with E-state index < -0.39 is 0 Å². The number of anilines is 2. The molecule has 0 saturated heterocycles. The summed E-state index contributed by atoms with van der Waals surface area (Å²) in [6, 6.07) is 18.3. The van der Waals surface area contributed by atoms with E-state index in [0.717, 1.165) is 76.0 Å². The van der Waals surface area contributed by atoms with Crippen molar-refractivity contribution in [1.82, 2.24) is 19.4 Å². The highest BCUT2D eigenvalue weighted by atomic mass is 79.9. The zero-order valence-corrected chi connectivity index (χ0v) is 22.3. The highest BCUT2D eigenvalue weighted by Crippen LogP contribution is 2.39. The number of para-hydroxylation sites is 1. The first-order valence-electron chi connectivity index (χ1n) is 12.7. The van der Waals surface area contributed by atoms with Crippen molar-refractivity contribution in [2.45, 2.75) is 38.5 Å². The van der Waals surface area contributed by atoms with Crippen LogP contribution in [-0.4, -0.2) is 31.8 Å². The molecular formula is C29H29BrN6O. The maximum Gasteiger partial charge on any atom is 0.223 e. The van der Waals surface area contributed by atoms with Crippen molar-refractivity contribution < 1.29 is 4.79 Å². The molecule has 0 unspecified atom stereocenters. The molecule has 0 radical (unpaired) electrons. The predicted molar refractivity (Wildman–Crippen MR) is 152 cm³/mol. The molecule has 8 heteroatoms. The van der Waals surface area contributed by atoms with Crippen LogP contribution in [0.2, 0.25) is 0 Å². The second kappa shape index (κ2) is 9.67. The van der Waals surface area contributed by atoms with Gasteiger partial charge in [0.05, 0.1) is 5.69 Å². The van der Waals surface area contributed by atoms with E-state index in [-0.39, 0.29) is 5.91 Å². The van der Waals surface area contributed by atoms with Crippen molar-refractivity contribution in [3.63, 3.8) is 0 Å². The number of rotatable bonds is 5. The lowest BCUT2D eigenvalue weighted by molar-refractivity contribution is -0.116. The lowest BCUT2D eigenvalue weighted by Gasteiger charge is -2.32. The summed E-state index contributed by atoms with van der Waals surface area (Å²) in [4.78, 5) is 27.4. The molecule has 6 rings (SSSR count). The summed E-state index contributed by atoms with van der Waals surface area (Å²) in [5.74, 6) is 2.36. The Balaban J connectivity index is 1.26. The van der Waals surface area contributed by atoms with Gasteiger partial charge in [0.15, 0.2) is 0 Å². The third-order valence-electron chi connectivity index (χ3n) is 7.55. The molecule has 5 aromatic rings. The van der Waals surface area contributed by atoms with Gasteiger partial charge in [-0.1, -0.05) is 40.2 Å². The first kappa shape index (κ1) is 23.7. The molecule has 1 aliphatic rings. The molecule has 3 N–H and O–H groups in total. The van der Waals surface area contributed by atoms with Gasteiger partial charge in [-0.3, -0.25) is 9.20 Å². The number of imidazole rings is 1. The number of nitrogens with two attached hydrogens (primary N) is 1. The summed E-state index contributed by atoms with van der Waals surface area (Å²) in [7, 11) is 0. The van der Waals surface area contributed by atoms with Gasteiger partial charge >= 0.3 is 0 Å². The van der Waals surface area contributed by atoms with Crippen LogP contribution >= 0.6 is 15.9 Å². The van der Waals surface area contributed by atoms with Crippen LogP contribution < -0.4 is 10.6 Å². The molecule has 0 spiro atoms. The third-order valence-corrected chi connectivity index (χ3v) is 8.04. The van der Waals surface area contributed by atoms with E-state index >= 15 is 0 Å². The number of nitrogen functional groups attached to an aromatic ring is 1. The lowest BCUT2D eigenvalue weighted by atomic mass is 9.81. The number of H-pyrrole nitrogens is 1. The molecule has 0 atom stereocenters. The zero-order chi connectivity index (χ0) is 25.5. The number of benzene rings is 2. The molecule has 1 aliphatic carbocycles. The van der Waals surface area contributed by atoms with Crippen LogP contribution in [0.15, 0.2) is 71.5 Å². The van der Waals surface area contributed by atoms with Crippen molar-refractivity contribution >= 4 is 49.8 Å². The number of carbonyl (C=O) groups is 1. The van der Waals surface area contributed by atoms with Crippen LogP contribution in [0.25, 0.3) is 27.8 Å². The fourth-order valence-electron chi connectivity index (χ4n) is 5.68. The second-order valence-corrected chi connectivity index (χ2v) is 10.9. The van der Waals surface area contributed by atoms with E-state index in [1.165, 1.54) is 0 Å². The smallest absolute Gasteiger partial charge is 0.223 e. The average molecular weight is 557 g/mol. The summed E-state index contributed by atoms with van der Waals surface area (Å²) < 4.78 is 3.10. The van der Waals surface area contributed by atoms with Gasteiger partial charge in [0.1, 0.15) is 22.9 Å². The summed E-state index contributed by atoms with van der Waals surface area (Å²) in [5.41, 5.74) is 11.0. The molecule has 0 bridgehead atoms. The zero-order valence-electron chi connectivity index (χ0n) is 20.7. The van der Waals surface area contributed by atoms with Crippen LogP contribution in [0.5, 0.6) is 0 Å². The van der Waals surface area contributed by atoms with E-state index in [1.807, 2.05) is 47.5 Å². The topological polar surface area (TPSA) is 92.3 Å². The Kier molecular flexibility index (Phi) is 6.20. The molecule has 37 heavy (non-hydrogen) atoms. The van der Waals surface area contributed by atoms with E-state index in [1.54, 1.807) is 13.1 Å². The second-order valence-electron chi connectivity index (χ2n) is 9.95. The van der Waals surface area contributed by atoms with E-state index in [9.17, 15) is 4.79 Å². The van der Waals surface area contributed by atoms with Gasteiger partial charge in [-0.15, -0.1) is 0 Å². The summed E-state index contributed by atoms with van der Waals surface area (Å²) in [6.07, 6.45) is 7.83. The van der Waals surface area contributed by atoms with Crippen molar-refractivity contribution in [3.8, 4) is 11.4 Å². The number of fused-ring (bicyclic) bond motifs is 2. The van der Waals surface area contributed by atoms with Gasteiger partial charge in [0.25, 0.3) is 0 Å². The summed E-state index contributed by atoms with van der Waals surface area (Å²) >= 11 is 3.53. The maximum absolute atomic E-state index is 12.5. The van der Waals surface area contributed by atoms with Crippen LogP contribution in [-0.2, 0) is 4.79 Å². The van der Waals surface area contributed by atoms with Gasteiger partial charge in [0.2, 0.25) is 5.91 Å². The Labute approximate surface area is 223 Å². The monoisotopic (exact) mass is 556 g/mol. The molecule has 188 valence electrons. The van der Waals surface area contributed by atoms with Gasteiger partial charge in [0, 0.05) is 52.8 Å². The number of nitrogens with zero attached hydrogens (tertiary/aromatic N) is 4. The molecule has 7 nitrogen and oxygen atoms in total. The standard InChI is InChI=1S/C29H29BrN6O/c1-18(37)36(23-7-4-6-22(30)16-23)17-19-9-11-20(12-10-19)29-34-26(27-28(31)32-13-14-35(27)29)25-15-21-5-2-3-8-24(21)33-25/h2-8,13-16,19-20,33H,9-12,17H2,1H3,(H2,31,32). The van der Waals surface area contributed by atoms with Crippen LogP contribution in [0.1, 0.15) is 44.3 Å². The lowest BCUT2D eigenvalue weighted by Crippen LogP contribution is -2.35. The number of halogens is 1. The fourth-order valence-corrected chi connectivity index (χ4v) is 6.07. The van der Waals surface area contributed by atoms with Crippen molar-refractivity contribution in [3.05, 3.63) is 77.3 Å². The molecule has 0 aliphatic heterocycles. The predicted octanol–water partition coefficient (Wildman–Crippen LogP) is 6.55.